The number of carbonyl (C=O) groups excluding carboxylic acids is 1. The molecule has 0 aliphatic carbocycles. The third kappa shape index (κ3) is 5.73. The van der Waals surface area contributed by atoms with Crippen molar-refractivity contribution in [2.75, 3.05) is 26.3 Å². The first kappa shape index (κ1) is 15.5. The molecule has 0 fully saturated rings. The van der Waals surface area contributed by atoms with Gasteiger partial charge in [-0.1, -0.05) is 6.07 Å². The minimum atomic E-state index is -0.999. The molecule has 0 heterocycles. The van der Waals surface area contributed by atoms with Gasteiger partial charge in [-0.2, -0.15) is 0 Å². The number of benzene rings is 1. The summed E-state index contributed by atoms with van der Waals surface area (Å²) in [6, 6.07) is 3.23. The fourth-order valence-corrected chi connectivity index (χ4v) is 1.39. The van der Waals surface area contributed by atoms with Gasteiger partial charge in [0.05, 0.1) is 12.7 Å². The van der Waals surface area contributed by atoms with Crippen molar-refractivity contribution in [2.45, 2.75) is 6.10 Å². The molecule has 106 valence electrons. The van der Waals surface area contributed by atoms with E-state index in [1.165, 1.54) is 6.07 Å². The minimum Gasteiger partial charge on any atom is -0.387 e. The van der Waals surface area contributed by atoms with E-state index in [-0.39, 0.29) is 25.3 Å². The topological polar surface area (TPSA) is 84.6 Å². The van der Waals surface area contributed by atoms with Crippen LogP contribution in [0.2, 0.25) is 0 Å². The molecule has 0 aliphatic heterocycles. The van der Waals surface area contributed by atoms with Gasteiger partial charge < -0.3 is 20.9 Å². The molecule has 0 aliphatic rings. The van der Waals surface area contributed by atoms with Gasteiger partial charge in [-0.15, -0.1) is 0 Å². The maximum absolute atomic E-state index is 12.9. The van der Waals surface area contributed by atoms with Gasteiger partial charge in [0.25, 0.3) is 0 Å². The SMILES string of the molecule is NC(=O)COCCNCC(O)c1ccc(F)c(F)c1. The molecule has 0 saturated carbocycles. The quantitative estimate of drug-likeness (QED) is 0.587. The maximum atomic E-state index is 12.9. The highest BCUT2D eigenvalue weighted by molar-refractivity contribution is 5.74. The van der Waals surface area contributed by atoms with Crippen LogP contribution in [0.1, 0.15) is 11.7 Å². The zero-order valence-electron chi connectivity index (χ0n) is 10.2. The first-order chi connectivity index (χ1) is 9.00. The van der Waals surface area contributed by atoms with Gasteiger partial charge in [0.2, 0.25) is 5.91 Å². The van der Waals surface area contributed by atoms with E-state index < -0.39 is 23.6 Å². The smallest absolute Gasteiger partial charge is 0.243 e. The van der Waals surface area contributed by atoms with Crippen LogP contribution in [0.4, 0.5) is 8.78 Å². The number of nitrogens with two attached hydrogens (primary N) is 1. The number of hydrogen-bond acceptors (Lipinski definition) is 4. The van der Waals surface area contributed by atoms with E-state index in [4.69, 9.17) is 10.5 Å². The number of primary amides is 1. The zero-order valence-corrected chi connectivity index (χ0v) is 10.2. The van der Waals surface area contributed by atoms with E-state index in [1.54, 1.807) is 0 Å². The Morgan fingerprint density at radius 1 is 1.42 bits per heavy atom. The Labute approximate surface area is 109 Å². The summed E-state index contributed by atoms with van der Waals surface area (Å²) in [7, 11) is 0. The van der Waals surface area contributed by atoms with Crippen LogP contribution in [0.25, 0.3) is 0 Å². The van der Waals surface area contributed by atoms with Crippen molar-refractivity contribution < 1.29 is 23.4 Å². The Morgan fingerprint density at radius 2 is 2.16 bits per heavy atom. The van der Waals surface area contributed by atoms with Crippen LogP contribution >= 0.6 is 0 Å². The molecule has 1 aromatic rings. The van der Waals surface area contributed by atoms with Gasteiger partial charge in [0.15, 0.2) is 11.6 Å². The first-order valence-corrected chi connectivity index (χ1v) is 5.70. The lowest BCUT2D eigenvalue weighted by Gasteiger charge is -2.12. The highest BCUT2D eigenvalue weighted by atomic mass is 19.2. The summed E-state index contributed by atoms with van der Waals surface area (Å²) in [5, 5.41) is 12.6. The molecule has 0 saturated heterocycles. The summed E-state index contributed by atoms with van der Waals surface area (Å²) >= 11 is 0. The lowest BCUT2D eigenvalue weighted by Crippen LogP contribution is -2.27. The summed E-state index contributed by atoms with van der Waals surface area (Å²) in [5.41, 5.74) is 5.15. The molecule has 19 heavy (non-hydrogen) atoms. The number of nitrogens with one attached hydrogen (secondary N) is 1. The predicted molar refractivity (Wildman–Crippen MR) is 64.2 cm³/mol. The molecule has 5 nitrogen and oxygen atoms in total. The van der Waals surface area contributed by atoms with Crippen LogP contribution in [-0.4, -0.2) is 37.3 Å². The van der Waals surface area contributed by atoms with E-state index in [0.29, 0.717) is 6.54 Å². The number of carbonyl (C=O) groups is 1. The Kier molecular flexibility index (Phi) is 6.34. The van der Waals surface area contributed by atoms with Crippen LogP contribution in [0, 0.1) is 11.6 Å². The maximum Gasteiger partial charge on any atom is 0.243 e. The van der Waals surface area contributed by atoms with Crippen LogP contribution in [0.5, 0.6) is 0 Å². The van der Waals surface area contributed by atoms with Gasteiger partial charge in [-0.3, -0.25) is 4.79 Å². The van der Waals surface area contributed by atoms with Crippen molar-refractivity contribution in [1.29, 1.82) is 0 Å². The molecular formula is C12H16F2N2O3. The molecule has 0 radical (unpaired) electrons. The molecular weight excluding hydrogens is 258 g/mol. The van der Waals surface area contributed by atoms with Gasteiger partial charge in [-0.25, -0.2) is 8.78 Å². The second kappa shape index (κ2) is 7.78. The van der Waals surface area contributed by atoms with Crippen LogP contribution < -0.4 is 11.1 Å². The van der Waals surface area contributed by atoms with Crippen LogP contribution in [0.3, 0.4) is 0 Å². The second-order valence-electron chi connectivity index (χ2n) is 3.91. The lowest BCUT2D eigenvalue weighted by atomic mass is 10.1. The van der Waals surface area contributed by atoms with E-state index in [9.17, 15) is 18.7 Å². The van der Waals surface area contributed by atoms with Gasteiger partial charge in [-0.05, 0) is 17.7 Å². The number of hydrogen-bond donors (Lipinski definition) is 3. The summed E-state index contributed by atoms with van der Waals surface area (Å²) in [6.45, 7) is 0.653. The van der Waals surface area contributed by atoms with E-state index in [2.05, 4.69) is 5.32 Å². The van der Waals surface area contributed by atoms with Gasteiger partial charge in [0.1, 0.15) is 6.61 Å². The molecule has 1 atom stereocenters. The van der Waals surface area contributed by atoms with Crippen molar-refractivity contribution >= 4 is 5.91 Å². The standard InChI is InChI=1S/C12H16F2N2O3/c13-9-2-1-8(5-10(9)14)11(17)6-16-3-4-19-7-12(15)18/h1-2,5,11,16-17H,3-4,6-7H2,(H2,15,18). The Bertz CT molecular complexity index is 429. The number of halogens is 2. The second-order valence-corrected chi connectivity index (χ2v) is 3.91. The average Bonchev–Trinajstić information content (AvgIpc) is 2.36. The minimum absolute atomic E-state index is 0.158. The van der Waals surface area contributed by atoms with Crippen molar-refractivity contribution in [3.8, 4) is 0 Å². The molecule has 1 unspecified atom stereocenters. The number of rotatable bonds is 8. The Hall–Kier alpha value is -1.57. The highest BCUT2D eigenvalue weighted by Gasteiger charge is 2.10. The summed E-state index contributed by atoms with van der Waals surface area (Å²) in [4.78, 5) is 10.4. The van der Waals surface area contributed by atoms with Crippen molar-refractivity contribution in [3.05, 3.63) is 35.4 Å². The fourth-order valence-electron chi connectivity index (χ4n) is 1.39. The lowest BCUT2D eigenvalue weighted by molar-refractivity contribution is -0.122. The van der Waals surface area contributed by atoms with Gasteiger partial charge >= 0.3 is 0 Å². The number of aliphatic hydroxyl groups excluding tert-OH is 1. The molecule has 0 aromatic heterocycles. The predicted octanol–water partition coefficient (Wildman–Crippen LogP) is 0.0897. The fraction of sp³-hybridized carbons (Fsp3) is 0.417. The summed E-state index contributed by atoms with van der Waals surface area (Å²) in [5.74, 6) is -2.51. The number of ether oxygens (including phenoxy) is 1. The summed E-state index contributed by atoms with van der Waals surface area (Å²) < 4.78 is 30.5. The average molecular weight is 274 g/mol. The molecule has 7 heteroatoms. The van der Waals surface area contributed by atoms with Gasteiger partial charge in [0, 0.05) is 13.1 Å². The number of amides is 1. The largest absolute Gasteiger partial charge is 0.387 e. The highest BCUT2D eigenvalue weighted by Crippen LogP contribution is 2.15. The molecule has 0 bridgehead atoms. The Morgan fingerprint density at radius 3 is 2.79 bits per heavy atom. The molecule has 0 spiro atoms. The van der Waals surface area contributed by atoms with Crippen molar-refractivity contribution in [2.24, 2.45) is 5.73 Å². The van der Waals surface area contributed by atoms with E-state index in [0.717, 1.165) is 12.1 Å². The molecule has 1 rings (SSSR count). The molecule has 1 aromatic carbocycles. The Balaban J connectivity index is 2.25. The monoisotopic (exact) mass is 274 g/mol. The third-order valence-corrected chi connectivity index (χ3v) is 2.33. The summed E-state index contributed by atoms with van der Waals surface area (Å²) in [6.07, 6.45) is -0.953. The van der Waals surface area contributed by atoms with Crippen molar-refractivity contribution in [3.63, 3.8) is 0 Å². The van der Waals surface area contributed by atoms with Crippen LogP contribution in [-0.2, 0) is 9.53 Å². The normalized spacial score (nSPS) is 12.4. The first-order valence-electron chi connectivity index (χ1n) is 5.70. The van der Waals surface area contributed by atoms with E-state index >= 15 is 0 Å². The van der Waals surface area contributed by atoms with Crippen molar-refractivity contribution in [1.82, 2.24) is 5.32 Å². The molecule has 4 N–H and O–H groups in total. The zero-order chi connectivity index (χ0) is 14.3. The number of aliphatic hydroxyl groups is 1. The van der Waals surface area contributed by atoms with E-state index in [1.807, 2.05) is 0 Å². The molecule has 1 amide bonds. The third-order valence-electron chi connectivity index (χ3n) is 2.33. The van der Waals surface area contributed by atoms with Crippen LogP contribution in [0.15, 0.2) is 18.2 Å².